The van der Waals surface area contributed by atoms with Crippen molar-refractivity contribution in [2.24, 2.45) is 4.99 Å². The molecule has 142 valence electrons. The van der Waals surface area contributed by atoms with Gasteiger partial charge in [-0.1, -0.05) is 12.1 Å². The third-order valence-corrected chi connectivity index (χ3v) is 4.07. The molecule has 0 spiro atoms. The van der Waals surface area contributed by atoms with E-state index in [0.29, 0.717) is 24.6 Å². The smallest absolute Gasteiger partial charge is 0.216 e. The maximum Gasteiger partial charge on any atom is 0.216 e. The van der Waals surface area contributed by atoms with E-state index in [1.54, 1.807) is 20.4 Å². The minimum Gasteiger partial charge on any atom is -0.497 e. The van der Waals surface area contributed by atoms with Crippen LogP contribution in [0.3, 0.4) is 0 Å². The van der Waals surface area contributed by atoms with Crippen LogP contribution in [0.25, 0.3) is 11.6 Å². The van der Waals surface area contributed by atoms with Crippen molar-refractivity contribution in [1.82, 2.24) is 25.4 Å². The highest BCUT2D eigenvalue weighted by molar-refractivity contribution is 5.79. The van der Waals surface area contributed by atoms with Crippen molar-refractivity contribution in [2.45, 2.75) is 13.0 Å². The Labute approximate surface area is 158 Å². The molecule has 2 aromatic heterocycles. The summed E-state index contributed by atoms with van der Waals surface area (Å²) in [5, 5.41) is 10.5. The van der Waals surface area contributed by atoms with Crippen molar-refractivity contribution < 1.29 is 9.15 Å². The van der Waals surface area contributed by atoms with E-state index < -0.39 is 0 Å². The van der Waals surface area contributed by atoms with Gasteiger partial charge in [-0.25, -0.2) is 4.98 Å². The number of hydrogen-bond acceptors (Lipinski definition) is 5. The second kappa shape index (κ2) is 8.88. The van der Waals surface area contributed by atoms with Crippen LogP contribution in [0, 0.1) is 0 Å². The second-order valence-electron chi connectivity index (χ2n) is 6.01. The zero-order valence-corrected chi connectivity index (χ0v) is 15.8. The number of guanidine groups is 1. The molecule has 0 aliphatic heterocycles. The molecule has 0 fully saturated rings. The summed E-state index contributed by atoms with van der Waals surface area (Å²) < 4.78 is 10.5. The number of nitrogens with zero attached hydrogens (tertiary/aromatic N) is 4. The summed E-state index contributed by atoms with van der Waals surface area (Å²) >= 11 is 0. The van der Waals surface area contributed by atoms with Gasteiger partial charge < -0.3 is 19.4 Å². The molecular weight excluding hydrogens is 344 g/mol. The molecule has 0 amide bonds. The summed E-state index contributed by atoms with van der Waals surface area (Å²) in [5.74, 6) is 3.68. The van der Waals surface area contributed by atoms with Gasteiger partial charge in [0.15, 0.2) is 11.7 Å². The van der Waals surface area contributed by atoms with E-state index in [4.69, 9.17) is 9.15 Å². The predicted octanol–water partition coefficient (Wildman–Crippen LogP) is 2.32. The topological polar surface area (TPSA) is 91.6 Å². The summed E-state index contributed by atoms with van der Waals surface area (Å²) in [7, 11) is 5.44. The van der Waals surface area contributed by atoms with Gasteiger partial charge in [-0.15, -0.1) is 0 Å². The molecule has 0 atom stereocenters. The van der Waals surface area contributed by atoms with Crippen molar-refractivity contribution in [3.63, 3.8) is 0 Å². The van der Waals surface area contributed by atoms with Gasteiger partial charge in [-0.05, 0) is 29.8 Å². The average Bonchev–Trinajstić information content (AvgIpc) is 3.37. The Balaban J connectivity index is 1.49. The van der Waals surface area contributed by atoms with Crippen LogP contribution in [0.5, 0.6) is 5.75 Å². The van der Waals surface area contributed by atoms with Crippen molar-refractivity contribution >= 4 is 5.96 Å². The number of aliphatic imine (C=N–C) groups is 1. The molecule has 0 bridgehead atoms. The molecule has 0 unspecified atom stereocenters. The number of aromatic amines is 1. The molecular formula is C19H24N6O2. The van der Waals surface area contributed by atoms with E-state index in [1.807, 2.05) is 43.4 Å². The molecule has 0 saturated heterocycles. The molecule has 3 rings (SSSR count). The SMILES string of the molecule is CN=C(NCCc1nc(-c2ccco2)n[nH]1)N(C)Cc1ccc(OC)cc1. The lowest BCUT2D eigenvalue weighted by Crippen LogP contribution is -2.39. The van der Waals surface area contributed by atoms with Crippen LogP contribution in [0.2, 0.25) is 0 Å². The summed E-state index contributed by atoms with van der Waals surface area (Å²) in [6.45, 7) is 1.43. The molecule has 0 aliphatic rings. The number of benzene rings is 1. The maximum atomic E-state index is 5.30. The van der Waals surface area contributed by atoms with Crippen LogP contribution in [0.1, 0.15) is 11.4 Å². The van der Waals surface area contributed by atoms with E-state index in [9.17, 15) is 0 Å². The van der Waals surface area contributed by atoms with Crippen LogP contribution in [-0.2, 0) is 13.0 Å². The summed E-state index contributed by atoms with van der Waals surface area (Å²) in [5.41, 5.74) is 1.18. The molecule has 0 saturated carbocycles. The molecule has 0 radical (unpaired) electrons. The lowest BCUT2D eigenvalue weighted by atomic mass is 10.2. The van der Waals surface area contributed by atoms with E-state index in [2.05, 4.69) is 30.4 Å². The molecule has 27 heavy (non-hydrogen) atoms. The summed E-state index contributed by atoms with van der Waals surface area (Å²) in [4.78, 5) is 10.8. The molecule has 8 nitrogen and oxygen atoms in total. The van der Waals surface area contributed by atoms with Gasteiger partial charge in [0.2, 0.25) is 5.82 Å². The Kier molecular flexibility index (Phi) is 6.09. The zero-order valence-electron chi connectivity index (χ0n) is 15.8. The highest BCUT2D eigenvalue weighted by Gasteiger charge is 2.10. The summed E-state index contributed by atoms with van der Waals surface area (Å²) in [6, 6.07) is 11.7. The number of rotatable bonds is 7. The van der Waals surface area contributed by atoms with Crippen LogP contribution in [-0.4, -0.2) is 53.8 Å². The normalized spacial score (nSPS) is 11.4. The molecule has 0 aliphatic carbocycles. The fraction of sp³-hybridized carbons (Fsp3) is 0.316. The number of furan rings is 1. The zero-order chi connectivity index (χ0) is 19.1. The van der Waals surface area contributed by atoms with Crippen molar-refractivity contribution in [3.05, 3.63) is 54.0 Å². The number of ether oxygens (including phenoxy) is 1. The quantitative estimate of drug-likeness (QED) is 0.491. The Bertz CT molecular complexity index is 855. The Morgan fingerprint density at radius 2 is 2.11 bits per heavy atom. The number of nitrogens with one attached hydrogen (secondary N) is 2. The highest BCUT2D eigenvalue weighted by atomic mass is 16.5. The molecule has 8 heteroatoms. The third kappa shape index (κ3) is 4.87. The van der Waals surface area contributed by atoms with Gasteiger partial charge in [-0.2, -0.15) is 5.10 Å². The average molecular weight is 368 g/mol. The van der Waals surface area contributed by atoms with Crippen molar-refractivity contribution in [3.8, 4) is 17.3 Å². The first kappa shape index (κ1) is 18.5. The van der Waals surface area contributed by atoms with Crippen LogP contribution >= 0.6 is 0 Å². The fourth-order valence-electron chi connectivity index (χ4n) is 2.68. The minimum absolute atomic E-state index is 0.566. The molecule has 2 heterocycles. The minimum atomic E-state index is 0.566. The van der Waals surface area contributed by atoms with E-state index in [-0.39, 0.29) is 0 Å². The molecule has 3 aromatic rings. The van der Waals surface area contributed by atoms with Crippen molar-refractivity contribution in [2.75, 3.05) is 27.7 Å². The van der Waals surface area contributed by atoms with Gasteiger partial charge in [0.25, 0.3) is 0 Å². The second-order valence-corrected chi connectivity index (χ2v) is 6.01. The van der Waals surface area contributed by atoms with Gasteiger partial charge >= 0.3 is 0 Å². The standard InChI is InChI=1S/C19H24N6O2/c1-20-19(25(2)13-14-6-8-15(26-3)9-7-14)21-11-10-17-22-18(24-23-17)16-5-4-12-27-16/h4-9,12H,10-11,13H2,1-3H3,(H,20,21)(H,22,23,24). The lowest BCUT2D eigenvalue weighted by molar-refractivity contribution is 0.414. The predicted molar refractivity (Wildman–Crippen MR) is 104 cm³/mol. The number of hydrogen-bond donors (Lipinski definition) is 2. The summed E-state index contributed by atoms with van der Waals surface area (Å²) in [6.07, 6.45) is 2.30. The number of H-pyrrole nitrogens is 1. The van der Waals surface area contributed by atoms with Crippen LogP contribution in [0.15, 0.2) is 52.1 Å². The number of methoxy groups -OCH3 is 1. The van der Waals surface area contributed by atoms with Gasteiger partial charge in [0, 0.05) is 33.6 Å². The van der Waals surface area contributed by atoms with Crippen molar-refractivity contribution in [1.29, 1.82) is 0 Å². The lowest BCUT2D eigenvalue weighted by Gasteiger charge is -2.22. The van der Waals surface area contributed by atoms with E-state index in [1.165, 1.54) is 5.56 Å². The van der Waals surface area contributed by atoms with Gasteiger partial charge in [0.05, 0.1) is 13.4 Å². The number of aromatic nitrogens is 3. The third-order valence-electron chi connectivity index (χ3n) is 4.07. The Hall–Kier alpha value is -3.29. The Morgan fingerprint density at radius 1 is 1.30 bits per heavy atom. The van der Waals surface area contributed by atoms with E-state index in [0.717, 1.165) is 24.1 Å². The van der Waals surface area contributed by atoms with Gasteiger partial charge in [0.1, 0.15) is 11.6 Å². The molecule has 1 aromatic carbocycles. The molecule has 2 N–H and O–H groups in total. The van der Waals surface area contributed by atoms with Crippen LogP contribution < -0.4 is 10.1 Å². The van der Waals surface area contributed by atoms with Gasteiger partial charge in [-0.3, -0.25) is 10.1 Å². The van der Waals surface area contributed by atoms with E-state index >= 15 is 0 Å². The first-order valence-electron chi connectivity index (χ1n) is 8.69. The monoisotopic (exact) mass is 368 g/mol. The highest BCUT2D eigenvalue weighted by Crippen LogP contribution is 2.14. The first-order chi connectivity index (χ1) is 13.2. The van der Waals surface area contributed by atoms with Crippen LogP contribution in [0.4, 0.5) is 0 Å². The Morgan fingerprint density at radius 3 is 2.78 bits per heavy atom. The largest absolute Gasteiger partial charge is 0.497 e. The maximum absolute atomic E-state index is 5.30. The first-order valence-corrected chi connectivity index (χ1v) is 8.69. The fourth-order valence-corrected chi connectivity index (χ4v) is 2.68.